The smallest absolute Gasteiger partial charge is 0.0644 e. The second kappa shape index (κ2) is 7.33. The molecule has 0 atom stereocenters. The van der Waals surface area contributed by atoms with Crippen LogP contribution in [0, 0.1) is 23.7 Å². The molecule has 0 radical (unpaired) electrons. The Morgan fingerprint density at radius 3 is 2.06 bits per heavy atom. The zero-order chi connectivity index (χ0) is 12.8. The number of hydrogen-bond donors (Lipinski definition) is 0. The second-order valence-electron chi connectivity index (χ2n) is 6.63. The SMILES string of the molecule is C=CCOCC1CCC([C@H]2CC[C@H](C)CC2)CC1. The van der Waals surface area contributed by atoms with Crippen molar-refractivity contribution in [3.63, 3.8) is 0 Å². The standard InChI is InChI=1S/C17H30O/c1-3-12-18-13-15-6-10-17(11-7-15)16-8-4-14(2)5-9-16/h3,14-17H,1,4-13H2,2H3/t14-,15?,16-,17?. The molecule has 0 bridgehead atoms. The van der Waals surface area contributed by atoms with E-state index in [4.69, 9.17) is 4.74 Å². The van der Waals surface area contributed by atoms with Gasteiger partial charge < -0.3 is 4.74 Å². The van der Waals surface area contributed by atoms with Gasteiger partial charge in [0.05, 0.1) is 6.61 Å². The first kappa shape index (κ1) is 14.1. The molecule has 0 saturated heterocycles. The van der Waals surface area contributed by atoms with E-state index in [-0.39, 0.29) is 0 Å². The van der Waals surface area contributed by atoms with Gasteiger partial charge in [-0.1, -0.05) is 25.8 Å². The number of ether oxygens (including phenoxy) is 1. The first-order chi connectivity index (χ1) is 8.79. The van der Waals surface area contributed by atoms with Gasteiger partial charge in [-0.2, -0.15) is 0 Å². The summed E-state index contributed by atoms with van der Waals surface area (Å²) in [6.45, 7) is 7.80. The summed E-state index contributed by atoms with van der Waals surface area (Å²) in [7, 11) is 0. The maximum absolute atomic E-state index is 5.60. The Morgan fingerprint density at radius 1 is 0.944 bits per heavy atom. The molecule has 0 spiro atoms. The Labute approximate surface area is 113 Å². The Balaban J connectivity index is 1.65. The highest BCUT2D eigenvalue weighted by atomic mass is 16.5. The summed E-state index contributed by atoms with van der Waals surface area (Å²) in [6.07, 6.45) is 13.5. The van der Waals surface area contributed by atoms with Gasteiger partial charge in [0.25, 0.3) is 0 Å². The van der Waals surface area contributed by atoms with Gasteiger partial charge in [-0.3, -0.25) is 0 Å². The van der Waals surface area contributed by atoms with Crippen LogP contribution < -0.4 is 0 Å². The van der Waals surface area contributed by atoms with Crippen molar-refractivity contribution < 1.29 is 4.74 Å². The lowest BCUT2D eigenvalue weighted by Gasteiger charge is -2.37. The van der Waals surface area contributed by atoms with Gasteiger partial charge in [0.2, 0.25) is 0 Å². The molecule has 2 aliphatic rings. The summed E-state index contributed by atoms with van der Waals surface area (Å²) in [6, 6.07) is 0. The van der Waals surface area contributed by atoms with Crippen LogP contribution in [0.3, 0.4) is 0 Å². The molecule has 0 aromatic carbocycles. The maximum atomic E-state index is 5.60. The molecule has 0 unspecified atom stereocenters. The summed E-state index contributed by atoms with van der Waals surface area (Å²) >= 11 is 0. The molecule has 2 saturated carbocycles. The largest absolute Gasteiger partial charge is 0.377 e. The average molecular weight is 250 g/mol. The van der Waals surface area contributed by atoms with Gasteiger partial charge in [-0.15, -0.1) is 6.58 Å². The lowest BCUT2D eigenvalue weighted by Crippen LogP contribution is -2.26. The molecule has 2 fully saturated rings. The van der Waals surface area contributed by atoms with Crippen molar-refractivity contribution in [2.24, 2.45) is 23.7 Å². The van der Waals surface area contributed by atoms with E-state index < -0.39 is 0 Å². The highest BCUT2D eigenvalue weighted by molar-refractivity contribution is 4.81. The van der Waals surface area contributed by atoms with E-state index in [0.717, 1.165) is 36.9 Å². The van der Waals surface area contributed by atoms with Crippen molar-refractivity contribution in [1.82, 2.24) is 0 Å². The van der Waals surface area contributed by atoms with Gasteiger partial charge in [0, 0.05) is 6.61 Å². The van der Waals surface area contributed by atoms with Crippen LogP contribution in [0.4, 0.5) is 0 Å². The van der Waals surface area contributed by atoms with Gasteiger partial charge in [0.15, 0.2) is 0 Å². The monoisotopic (exact) mass is 250 g/mol. The molecule has 104 valence electrons. The van der Waals surface area contributed by atoms with Crippen molar-refractivity contribution in [3.8, 4) is 0 Å². The molecular weight excluding hydrogens is 220 g/mol. The van der Waals surface area contributed by atoms with Crippen LogP contribution in [0.2, 0.25) is 0 Å². The molecule has 1 heteroatoms. The van der Waals surface area contributed by atoms with Crippen LogP contribution in [-0.4, -0.2) is 13.2 Å². The van der Waals surface area contributed by atoms with Crippen molar-refractivity contribution in [3.05, 3.63) is 12.7 Å². The third-order valence-electron chi connectivity index (χ3n) is 5.21. The number of rotatable bonds is 5. The van der Waals surface area contributed by atoms with Gasteiger partial charge in [-0.05, 0) is 62.2 Å². The highest BCUT2D eigenvalue weighted by Crippen LogP contribution is 2.41. The predicted molar refractivity (Wildman–Crippen MR) is 77.6 cm³/mol. The zero-order valence-electron chi connectivity index (χ0n) is 12.1. The minimum atomic E-state index is 0.723. The van der Waals surface area contributed by atoms with E-state index in [1.807, 2.05) is 6.08 Å². The quantitative estimate of drug-likeness (QED) is 0.502. The van der Waals surface area contributed by atoms with E-state index in [0.29, 0.717) is 0 Å². The van der Waals surface area contributed by atoms with Crippen LogP contribution in [-0.2, 0) is 4.74 Å². The Bertz CT molecular complexity index is 232. The van der Waals surface area contributed by atoms with Crippen LogP contribution in [0.15, 0.2) is 12.7 Å². The number of hydrogen-bond acceptors (Lipinski definition) is 1. The molecule has 0 aromatic heterocycles. The van der Waals surface area contributed by atoms with Crippen molar-refractivity contribution in [2.45, 2.75) is 58.3 Å². The molecule has 2 rings (SSSR count). The lowest BCUT2D eigenvalue weighted by atomic mass is 9.69. The fourth-order valence-electron chi connectivity index (χ4n) is 3.90. The topological polar surface area (TPSA) is 9.23 Å². The summed E-state index contributed by atoms with van der Waals surface area (Å²) in [5.41, 5.74) is 0. The highest BCUT2D eigenvalue weighted by Gasteiger charge is 2.29. The average Bonchev–Trinajstić information content (AvgIpc) is 2.41. The fraction of sp³-hybridized carbons (Fsp3) is 0.882. The Kier molecular flexibility index (Phi) is 5.75. The maximum Gasteiger partial charge on any atom is 0.0644 e. The molecule has 0 amide bonds. The fourth-order valence-corrected chi connectivity index (χ4v) is 3.90. The minimum absolute atomic E-state index is 0.723. The van der Waals surface area contributed by atoms with Gasteiger partial charge in [-0.25, -0.2) is 0 Å². The lowest BCUT2D eigenvalue weighted by molar-refractivity contribution is 0.0792. The van der Waals surface area contributed by atoms with Crippen molar-refractivity contribution in [2.75, 3.05) is 13.2 Å². The normalized spacial score (nSPS) is 37.4. The zero-order valence-corrected chi connectivity index (χ0v) is 12.1. The molecular formula is C17H30O. The molecule has 18 heavy (non-hydrogen) atoms. The molecule has 1 nitrogen and oxygen atoms in total. The predicted octanol–water partition coefficient (Wildman–Crippen LogP) is 4.82. The molecule has 0 aliphatic heterocycles. The van der Waals surface area contributed by atoms with Crippen molar-refractivity contribution >= 4 is 0 Å². The first-order valence-corrected chi connectivity index (χ1v) is 7.98. The van der Waals surface area contributed by atoms with E-state index in [9.17, 15) is 0 Å². The third-order valence-corrected chi connectivity index (χ3v) is 5.21. The van der Waals surface area contributed by atoms with Gasteiger partial charge >= 0.3 is 0 Å². The molecule has 2 aliphatic carbocycles. The summed E-state index contributed by atoms with van der Waals surface area (Å²) in [4.78, 5) is 0. The summed E-state index contributed by atoms with van der Waals surface area (Å²) in [5, 5.41) is 0. The Morgan fingerprint density at radius 2 is 1.50 bits per heavy atom. The van der Waals surface area contributed by atoms with Crippen LogP contribution in [0.25, 0.3) is 0 Å². The summed E-state index contributed by atoms with van der Waals surface area (Å²) in [5.74, 6) is 3.90. The van der Waals surface area contributed by atoms with Crippen LogP contribution >= 0.6 is 0 Å². The van der Waals surface area contributed by atoms with E-state index in [1.165, 1.54) is 51.4 Å². The van der Waals surface area contributed by atoms with Crippen molar-refractivity contribution in [1.29, 1.82) is 0 Å². The van der Waals surface area contributed by atoms with Crippen LogP contribution in [0.5, 0.6) is 0 Å². The molecule has 0 heterocycles. The van der Waals surface area contributed by atoms with E-state index >= 15 is 0 Å². The van der Waals surface area contributed by atoms with E-state index in [2.05, 4.69) is 13.5 Å². The third kappa shape index (κ3) is 4.12. The van der Waals surface area contributed by atoms with Gasteiger partial charge in [0.1, 0.15) is 0 Å². The summed E-state index contributed by atoms with van der Waals surface area (Å²) < 4.78 is 5.60. The van der Waals surface area contributed by atoms with Crippen LogP contribution in [0.1, 0.15) is 58.3 Å². The minimum Gasteiger partial charge on any atom is -0.377 e. The molecule has 0 aromatic rings. The Hall–Kier alpha value is -0.300. The molecule has 0 N–H and O–H groups in total. The first-order valence-electron chi connectivity index (χ1n) is 7.98. The van der Waals surface area contributed by atoms with E-state index in [1.54, 1.807) is 0 Å². The second-order valence-corrected chi connectivity index (χ2v) is 6.63.